The first-order valence-electron chi connectivity index (χ1n) is 11.3. The van der Waals surface area contributed by atoms with Crippen molar-refractivity contribution in [1.82, 2.24) is 0 Å². The summed E-state index contributed by atoms with van der Waals surface area (Å²) in [4.78, 5) is 21.8. The quantitative estimate of drug-likeness (QED) is 0.242. The highest BCUT2D eigenvalue weighted by Crippen LogP contribution is 2.46. The fourth-order valence-corrected chi connectivity index (χ4v) is 4.36. The van der Waals surface area contributed by atoms with E-state index < -0.39 is 0 Å². The van der Waals surface area contributed by atoms with E-state index in [4.69, 9.17) is 0 Å². The zero-order valence-electron chi connectivity index (χ0n) is 18.5. The van der Waals surface area contributed by atoms with Crippen LogP contribution in [0.2, 0.25) is 0 Å². The molecule has 0 amide bonds. The summed E-state index contributed by atoms with van der Waals surface area (Å²) in [6.45, 7) is 4.40. The van der Waals surface area contributed by atoms with E-state index in [9.17, 15) is 9.59 Å². The molecule has 3 rings (SSSR count). The minimum absolute atomic E-state index is 0.305. The number of hydrogen-bond acceptors (Lipinski definition) is 2. The van der Waals surface area contributed by atoms with Crippen LogP contribution in [0.25, 0.3) is 6.08 Å². The number of carbonyl (C=O) groups is 2. The second kappa shape index (κ2) is 13.0. The molecule has 0 heterocycles. The van der Waals surface area contributed by atoms with E-state index in [-0.39, 0.29) is 5.41 Å². The third kappa shape index (κ3) is 6.79. The average Bonchev–Trinajstić information content (AvgIpc) is 2.77. The van der Waals surface area contributed by atoms with Gasteiger partial charge >= 0.3 is 0 Å². The molecular formula is C28H36O2. The van der Waals surface area contributed by atoms with Gasteiger partial charge in [-0.2, -0.15) is 0 Å². The maximum Gasteiger partial charge on any atom is 0.142 e. The first-order valence-corrected chi connectivity index (χ1v) is 11.3. The summed E-state index contributed by atoms with van der Waals surface area (Å²) < 4.78 is 0. The smallest absolute Gasteiger partial charge is 0.142 e. The zero-order valence-corrected chi connectivity index (χ0v) is 18.5. The summed E-state index contributed by atoms with van der Waals surface area (Å²) >= 11 is 0. The van der Waals surface area contributed by atoms with Crippen LogP contribution in [0.15, 0.2) is 66.7 Å². The van der Waals surface area contributed by atoms with Gasteiger partial charge in [-0.1, -0.05) is 112 Å². The molecule has 0 N–H and O–H groups in total. The van der Waals surface area contributed by atoms with Crippen LogP contribution in [0.4, 0.5) is 0 Å². The van der Waals surface area contributed by atoms with Crippen LogP contribution < -0.4 is 0 Å². The van der Waals surface area contributed by atoms with Crippen molar-refractivity contribution in [3.8, 4) is 0 Å². The molecule has 1 saturated carbocycles. The Labute approximate surface area is 182 Å². The number of allylic oxidation sites excluding steroid dienone is 1. The van der Waals surface area contributed by atoms with Gasteiger partial charge in [0, 0.05) is 0 Å². The third-order valence-electron chi connectivity index (χ3n) is 6.42. The molecular weight excluding hydrogens is 368 g/mol. The predicted octanol–water partition coefficient (Wildman–Crippen LogP) is 7.04. The normalized spacial score (nSPS) is 16.6. The molecule has 0 aromatic heterocycles. The molecule has 0 saturated heterocycles. The maximum atomic E-state index is 11.9. The van der Waals surface area contributed by atoms with Gasteiger partial charge in [-0.25, -0.2) is 0 Å². The van der Waals surface area contributed by atoms with Crippen LogP contribution in [0, 0.1) is 11.8 Å². The molecule has 1 aliphatic rings. The monoisotopic (exact) mass is 404 g/mol. The Balaban J connectivity index is 0.000000269. The first-order chi connectivity index (χ1) is 14.7. The molecule has 160 valence electrons. The number of benzene rings is 2. The van der Waals surface area contributed by atoms with E-state index in [1.807, 2.05) is 36.4 Å². The highest BCUT2D eigenvalue weighted by atomic mass is 16.1. The summed E-state index contributed by atoms with van der Waals surface area (Å²) in [6, 6.07) is 20.1. The van der Waals surface area contributed by atoms with Crippen molar-refractivity contribution in [1.29, 1.82) is 0 Å². The summed E-state index contributed by atoms with van der Waals surface area (Å²) in [5.74, 6) is 1.27. The van der Waals surface area contributed by atoms with Gasteiger partial charge in [0.25, 0.3) is 0 Å². The van der Waals surface area contributed by atoms with Crippen LogP contribution in [-0.4, -0.2) is 12.6 Å². The number of aldehydes is 2. The Bertz CT molecular complexity index is 762. The van der Waals surface area contributed by atoms with Crippen LogP contribution >= 0.6 is 0 Å². The van der Waals surface area contributed by atoms with E-state index in [2.05, 4.69) is 38.1 Å². The second-order valence-corrected chi connectivity index (χ2v) is 8.47. The lowest BCUT2D eigenvalue weighted by molar-refractivity contribution is -0.115. The lowest BCUT2D eigenvalue weighted by atomic mass is 9.60. The summed E-state index contributed by atoms with van der Waals surface area (Å²) in [7, 11) is 0. The van der Waals surface area contributed by atoms with Gasteiger partial charge in [0.05, 0.1) is 5.41 Å². The minimum atomic E-state index is -0.305. The van der Waals surface area contributed by atoms with Gasteiger partial charge in [-0.3, -0.25) is 4.79 Å². The highest BCUT2D eigenvalue weighted by molar-refractivity contribution is 5.73. The molecule has 0 bridgehead atoms. The lowest BCUT2D eigenvalue weighted by Gasteiger charge is -2.43. The SMILES string of the molecule is CCCCCC(C1CCC1)C(C)(C=O)c1ccccc1.O=CC=Cc1ccccc1. The molecule has 0 radical (unpaired) electrons. The summed E-state index contributed by atoms with van der Waals surface area (Å²) in [5.41, 5.74) is 1.94. The summed E-state index contributed by atoms with van der Waals surface area (Å²) in [6.07, 6.45) is 14.2. The minimum Gasteiger partial charge on any atom is -0.302 e. The molecule has 2 atom stereocenters. The maximum absolute atomic E-state index is 11.9. The topological polar surface area (TPSA) is 34.1 Å². The van der Waals surface area contributed by atoms with Gasteiger partial charge < -0.3 is 4.79 Å². The predicted molar refractivity (Wildman–Crippen MR) is 126 cm³/mol. The van der Waals surface area contributed by atoms with Gasteiger partial charge in [0.2, 0.25) is 0 Å². The van der Waals surface area contributed by atoms with E-state index in [0.29, 0.717) is 5.92 Å². The number of hydrogen-bond donors (Lipinski definition) is 0. The Morgan fingerprint density at radius 1 is 0.967 bits per heavy atom. The number of carbonyl (C=O) groups excluding carboxylic acids is 2. The van der Waals surface area contributed by atoms with E-state index in [0.717, 1.165) is 17.8 Å². The second-order valence-electron chi connectivity index (χ2n) is 8.47. The standard InChI is InChI=1S/C19H28O.C9H8O/c1-3-4-6-14-18(16-10-9-11-16)19(2,15-20)17-12-7-5-8-13-17;10-8-4-7-9-5-2-1-3-6-9/h5,7-8,12-13,15-16,18H,3-4,6,9-11,14H2,1-2H3;1-8H. The van der Waals surface area contributed by atoms with Crippen molar-refractivity contribution in [3.05, 3.63) is 77.9 Å². The van der Waals surface area contributed by atoms with Crippen molar-refractivity contribution in [2.75, 3.05) is 0 Å². The van der Waals surface area contributed by atoms with Gasteiger partial charge in [0.1, 0.15) is 12.6 Å². The van der Waals surface area contributed by atoms with Crippen LogP contribution in [0.1, 0.15) is 69.9 Å². The van der Waals surface area contributed by atoms with Gasteiger partial charge in [0.15, 0.2) is 0 Å². The molecule has 0 spiro atoms. The van der Waals surface area contributed by atoms with Gasteiger partial charge in [-0.15, -0.1) is 0 Å². The zero-order chi connectivity index (χ0) is 21.7. The molecule has 1 fully saturated rings. The third-order valence-corrected chi connectivity index (χ3v) is 6.42. The fraction of sp³-hybridized carbons (Fsp3) is 0.429. The molecule has 2 nitrogen and oxygen atoms in total. The van der Waals surface area contributed by atoms with Crippen molar-refractivity contribution >= 4 is 18.6 Å². The van der Waals surface area contributed by atoms with E-state index >= 15 is 0 Å². The first kappa shape index (κ1) is 23.8. The Hall–Kier alpha value is -2.48. The van der Waals surface area contributed by atoms with E-state index in [1.54, 1.807) is 6.08 Å². The molecule has 2 aromatic rings. The molecule has 0 aliphatic heterocycles. The van der Waals surface area contributed by atoms with Crippen molar-refractivity contribution in [3.63, 3.8) is 0 Å². The molecule has 1 aliphatic carbocycles. The fourth-order valence-electron chi connectivity index (χ4n) is 4.36. The number of unbranched alkanes of at least 4 members (excludes halogenated alkanes) is 2. The van der Waals surface area contributed by atoms with Gasteiger partial charge in [-0.05, 0) is 42.4 Å². The molecule has 2 unspecified atom stereocenters. The average molecular weight is 405 g/mol. The molecule has 2 heteroatoms. The van der Waals surface area contributed by atoms with Crippen molar-refractivity contribution in [2.45, 2.75) is 64.2 Å². The lowest BCUT2D eigenvalue weighted by Crippen LogP contribution is -2.40. The molecule has 30 heavy (non-hydrogen) atoms. The van der Waals surface area contributed by atoms with Crippen LogP contribution in [0.3, 0.4) is 0 Å². The van der Waals surface area contributed by atoms with E-state index in [1.165, 1.54) is 62.9 Å². The van der Waals surface area contributed by atoms with Crippen LogP contribution in [0.5, 0.6) is 0 Å². The highest BCUT2D eigenvalue weighted by Gasteiger charge is 2.41. The van der Waals surface area contributed by atoms with Crippen molar-refractivity contribution < 1.29 is 9.59 Å². The van der Waals surface area contributed by atoms with Crippen LogP contribution in [-0.2, 0) is 15.0 Å². The largest absolute Gasteiger partial charge is 0.302 e. The Morgan fingerprint density at radius 2 is 1.60 bits per heavy atom. The number of rotatable bonds is 10. The Morgan fingerprint density at radius 3 is 2.10 bits per heavy atom. The summed E-state index contributed by atoms with van der Waals surface area (Å²) in [5, 5.41) is 0. The molecule has 2 aromatic carbocycles. The Kier molecular flexibility index (Phi) is 10.3. The van der Waals surface area contributed by atoms with Crippen molar-refractivity contribution in [2.24, 2.45) is 11.8 Å².